The number of hydrogen-bond acceptors (Lipinski definition) is 2. The smallest absolute Gasteiger partial charge is 0.289 e. The zero-order valence-corrected chi connectivity index (χ0v) is 13.4. The second kappa shape index (κ2) is 5.88. The van der Waals surface area contributed by atoms with Gasteiger partial charge in [0.2, 0.25) is 0 Å². The molecule has 4 heteroatoms. The number of fused-ring (bicyclic) bond motifs is 1. The lowest BCUT2D eigenvalue weighted by atomic mass is 10.1. The first-order valence-corrected chi connectivity index (χ1v) is 7.46. The van der Waals surface area contributed by atoms with Gasteiger partial charge >= 0.3 is 0 Å². The molecule has 118 valence electrons. The van der Waals surface area contributed by atoms with Gasteiger partial charge in [-0.05, 0) is 43.2 Å². The highest BCUT2D eigenvalue weighted by Crippen LogP contribution is 2.27. The normalized spacial score (nSPS) is 11.0. The molecule has 0 N–H and O–H groups in total. The van der Waals surface area contributed by atoms with E-state index in [1.165, 1.54) is 12.1 Å². The second-order valence-electron chi connectivity index (χ2n) is 5.78. The summed E-state index contributed by atoms with van der Waals surface area (Å²) in [4.78, 5) is 14.3. The van der Waals surface area contributed by atoms with Crippen LogP contribution in [-0.4, -0.2) is 17.9 Å². The summed E-state index contributed by atoms with van der Waals surface area (Å²) >= 11 is 0. The van der Waals surface area contributed by atoms with Crippen LogP contribution in [0.5, 0.6) is 0 Å². The van der Waals surface area contributed by atoms with E-state index < -0.39 is 0 Å². The summed E-state index contributed by atoms with van der Waals surface area (Å²) in [6.07, 6.45) is 0. The molecule has 1 heterocycles. The molecular weight excluding hydrogens is 293 g/mol. The summed E-state index contributed by atoms with van der Waals surface area (Å²) in [7, 11) is 1.74. The molecule has 0 fully saturated rings. The first-order chi connectivity index (χ1) is 11.0. The van der Waals surface area contributed by atoms with Gasteiger partial charge in [-0.15, -0.1) is 0 Å². The average molecular weight is 311 g/mol. The van der Waals surface area contributed by atoms with Gasteiger partial charge in [0.05, 0.1) is 0 Å². The molecule has 0 bridgehead atoms. The summed E-state index contributed by atoms with van der Waals surface area (Å²) in [5, 5.41) is 0.637. The topological polar surface area (TPSA) is 33.5 Å². The van der Waals surface area contributed by atoms with Crippen LogP contribution in [0.15, 0.2) is 46.9 Å². The van der Waals surface area contributed by atoms with Crippen LogP contribution in [0.1, 0.15) is 27.2 Å². The van der Waals surface area contributed by atoms with Crippen molar-refractivity contribution in [3.05, 3.63) is 70.7 Å². The van der Waals surface area contributed by atoms with Crippen LogP contribution in [0.3, 0.4) is 0 Å². The van der Waals surface area contributed by atoms with Crippen LogP contribution in [0, 0.1) is 19.7 Å². The third-order valence-electron chi connectivity index (χ3n) is 4.11. The molecule has 3 rings (SSSR count). The Hall–Kier alpha value is -2.62. The molecule has 23 heavy (non-hydrogen) atoms. The third kappa shape index (κ3) is 2.84. The van der Waals surface area contributed by atoms with Gasteiger partial charge in [0.25, 0.3) is 5.91 Å². The van der Waals surface area contributed by atoms with Gasteiger partial charge in [0.15, 0.2) is 5.76 Å². The van der Waals surface area contributed by atoms with Gasteiger partial charge in [-0.3, -0.25) is 4.79 Å². The maximum absolute atomic E-state index is 13.4. The number of furan rings is 1. The summed E-state index contributed by atoms with van der Waals surface area (Å²) in [6, 6.07) is 12.2. The number of benzene rings is 2. The Bertz CT molecular complexity index is 882. The minimum Gasteiger partial charge on any atom is -0.451 e. The van der Waals surface area contributed by atoms with Gasteiger partial charge in [-0.25, -0.2) is 4.39 Å². The molecule has 0 aliphatic rings. The minimum absolute atomic E-state index is 0.206. The Morgan fingerprint density at radius 3 is 2.65 bits per heavy atom. The van der Waals surface area contributed by atoms with Crippen molar-refractivity contribution in [3.8, 4) is 0 Å². The maximum Gasteiger partial charge on any atom is 0.289 e. The van der Waals surface area contributed by atoms with Crippen LogP contribution >= 0.6 is 0 Å². The highest BCUT2D eigenvalue weighted by molar-refractivity contribution is 5.98. The monoisotopic (exact) mass is 311 g/mol. The van der Waals surface area contributed by atoms with Crippen LogP contribution in [0.25, 0.3) is 11.0 Å². The number of hydrogen-bond donors (Lipinski definition) is 0. The van der Waals surface area contributed by atoms with Crippen molar-refractivity contribution >= 4 is 16.9 Å². The minimum atomic E-state index is -0.339. The van der Waals surface area contributed by atoms with E-state index in [0.717, 1.165) is 11.1 Å². The Morgan fingerprint density at radius 2 is 1.91 bits per heavy atom. The molecule has 3 nitrogen and oxygen atoms in total. The van der Waals surface area contributed by atoms with Gasteiger partial charge in [-0.1, -0.05) is 24.3 Å². The second-order valence-corrected chi connectivity index (χ2v) is 5.78. The Labute approximate surface area is 134 Å². The van der Waals surface area contributed by atoms with Gasteiger partial charge < -0.3 is 9.32 Å². The molecule has 0 aliphatic carbocycles. The summed E-state index contributed by atoms with van der Waals surface area (Å²) in [5.74, 6) is -0.280. The predicted octanol–water partition coefficient (Wildman–Crippen LogP) is 4.46. The molecule has 0 spiro atoms. The first-order valence-electron chi connectivity index (χ1n) is 7.46. The summed E-state index contributed by atoms with van der Waals surface area (Å²) < 4.78 is 19.0. The molecule has 2 aromatic carbocycles. The third-order valence-corrected chi connectivity index (χ3v) is 4.11. The van der Waals surface area contributed by atoms with Gasteiger partial charge in [0, 0.05) is 24.5 Å². The van der Waals surface area contributed by atoms with E-state index in [2.05, 4.69) is 0 Å². The SMILES string of the molecule is Cc1ccccc1CN(C)C(=O)c1oc2ccc(F)cc2c1C. The highest BCUT2D eigenvalue weighted by Gasteiger charge is 2.21. The Morgan fingerprint density at radius 1 is 1.17 bits per heavy atom. The van der Waals surface area contributed by atoms with Crippen LogP contribution in [-0.2, 0) is 6.54 Å². The van der Waals surface area contributed by atoms with Crippen molar-refractivity contribution in [1.82, 2.24) is 4.90 Å². The van der Waals surface area contributed by atoms with Gasteiger partial charge in [-0.2, -0.15) is 0 Å². The number of rotatable bonds is 3. The van der Waals surface area contributed by atoms with Gasteiger partial charge in [0.1, 0.15) is 11.4 Å². The number of aryl methyl sites for hydroxylation is 2. The van der Waals surface area contributed by atoms with Crippen molar-refractivity contribution < 1.29 is 13.6 Å². The number of halogens is 1. The molecule has 3 aromatic rings. The Balaban J connectivity index is 1.91. The Kier molecular flexibility index (Phi) is 3.90. The summed E-state index contributed by atoms with van der Waals surface area (Å²) in [5.41, 5.74) is 3.41. The quantitative estimate of drug-likeness (QED) is 0.715. The molecular formula is C19H18FNO2. The maximum atomic E-state index is 13.4. The van der Waals surface area contributed by atoms with Crippen LogP contribution < -0.4 is 0 Å². The standard InChI is InChI=1S/C19H18FNO2/c1-12-6-4-5-7-14(12)11-21(3)19(22)18-13(2)16-10-15(20)8-9-17(16)23-18/h4-10H,11H2,1-3H3. The molecule has 0 saturated heterocycles. The van der Waals surface area contributed by atoms with Crippen molar-refractivity contribution in [3.63, 3.8) is 0 Å². The van der Waals surface area contributed by atoms with E-state index in [-0.39, 0.29) is 17.5 Å². The predicted molar refractivity (Wildman–Crippen MR) is 87.9 cm³/mol. The summed E-state index contributed by atoms with van der Waals surface area (Å²) in [6.45, 7) is 4.29. The van der Waals surface area contributed by atoms with E-state index in [9.17, 15) is 9.18 Å². The largest absolute Gasteiger partial charge is 0.451 e. The van der Waals surface area contributed by atoms with Crippen LogP contribution in [0.4, 0.5) is 4.39 Å². The average Bonchev–Trinajstić information content (AvgIpc) is 2.85. The number of nitrogens with zero attached hydrogens (tertiary/aromatic N) is 1. The molecule has 0 atom stereocenters. The number of amides is 1. The van der Waals surface area contributed by atoms with Crippen molar-refractivity contribution in [2.24, 2.45) is 0 Å². The van der Waals surface area contributed by atoms with Crippen molar-refractivity contribution in [1.29, 1.82) is 0 Å². The van der Waals surface area contributed by atoms with Crippen molar-refractivity contribution in [2.75, 3.05) is 7.05 Å². The fraction of sp³-hybridized carbons (Fsp3) is 0.211. The lowest BCUT2D eigenvalue weighted by molar-refractivity contribution is 0.0754. The molecule has 1 amide bonds. The molecule has 1 aromatic heterocycles. The van der Waals surface area contributed by atoms with E-state index in [4.69, 9.17) is 4.42 Å². The number of carbonyl (C=O) groups excluding carboxylic acids is 1. The molecule has 0 radical (unpaired) electrons. The van der Waals surface area contributed by atoms with Crippen LogP contribution in [0.2, 0.25) is 0 Å². The zero-order valence-electron chi connectivity index (χ0n) is 13.4. The lowest BCUT2D eigenvalue weighted by Gasteiger charge is -2.17. The fourth-order valence-electron chi connectivity index (χ4n) is 2.69. The van der Waals surface area contributed by atoms with E-state index in [0.29, 0.717) is 23.1 Å². The molecule has 0 saturated carbocycles. The highest BCUT2D eigenvalue weighted by atomic mass is 19.1. The van der Waals surface area contributed by atoms with E-state index in [1.807, 2.05) is 31.2 Å². The zero-order chi connectivity index (χ0) is 16.6. The first kappa shape index (κ1) is 15.3. The molecule has 0 aliphatic heterocycles. The lowest BCUT2D eigenvalue weighted by Crippen LogP contribution is -2.26. The number of carbonyl (C=O) groups is 1. The van der Waals surface area contributed by atoms with E-state index >= 15 is 0 Å². The van der Waals surface area contributed by atoms with Crippen molar-refractivity contribution in [2.45, 2.75) is 20.4 Å². The van der Waals surface area contributed by atoms with E-state index in [1.54, 1.807) is 24.9 Å². The fourth-order valence-corrected chi connectivity index (χ4v) is 2.69. The molecule has 0 unspecified atom stereocenters.